The highest BCUT2D eigenvalue weighted by Gasteiger charge is 2.31. The number of imidazole rings is 1. The molecule has 0 spiro atoms. The Bertz CT molecular complexity index is 230. The summed E-state index contributed by atoms with van der Waals surface area (Å²) in [5.41, 5.74) is 0. The summed E-state index contributed by atoms with van der Waals surface area (Å²) in [6, 6.07) is 0. The first-order valence-electron chi connectivity index (χ1n) is 4.55. The van der Waals surface area contributed by atoms with E-state index in [1.54, 1.807) is 6.20 Å². The van der Waals surface area contributed by atoms with Gasteiger partial charge in [-0.05, 0) is 24.8 Å². The van der Waals surface area contributed by atoms with Gasteiger partial charge in [-0.25, -0.2) is 4.98 Å². The molecule has 3 nitrogen and oxygen atoms in total. The van der Waals surface area contributed by atoms with Crippen LogP contribution in [0, 0.1) is 11.8 Å². The largest absolute Gasteiger partial charge is 0.348 e. The highest BCUT2D eigenvalue weighted by Crippen LogP contribution is 2.36. The molecule has 2 unspecified atom stereocenters. The van der Waals surface area contributed by atoms with Crippen LogP contribution in [0.25, 0.3) is 0 Å². The molecular weight excluding hydrogens is 150 g/mol. The van der Waals surface area contributed by atoms with Crippen molar-refractivity contribution in [3.8, 4) is 0 Å². The summed E-state index contributed by atoms with van der Waals surface area (Å²) in [7, 11) is 0. The van der Waals surface area contributed by atoms with Crippen molar-refractivity contribution < 1.29 is 0 Å². The molecule has 0 saturated heterocycles. The molecule has 1 aliphatic carbocycles. The summed E-state index contributed by atoms with van der Waals surface area (Å²) in [6.45, 7) is 4.32. The fourth-order valence-corrected chi connectivity index (χ4v) is 1.45. The summed E-state index contributed by atoms with van der Waals surface area (Å²) in [5.74, 6) is 2.89. The monoisotopic (exact) mass is 165 g/mol. The van der Waals surface area contributed by atoms with Crippen LogP contribution in [-0.4, -0.2) is 16.5 Å². The molecule has 0 radical (unpaired) electrons. The van der Waals surface area contributed by atoms with E-state index in [2.05, 4.69) is 22.2 Å². The molecule has 1 aliphatic rings. The van der Waals surface area contributed by atoms with Crippen LogP contribution in [-0.2, 0) is 6.54 Å². The van der Waals surface area contributed by atoms with Crippen LogP contribution in [0.5, 0.6) is 0 Å². The lowest BCUT2D eigenvalue weighted by Gasteiger charge is -1.99. The standard InChI is InChI=1S/C9H15N3/c1-7-4-8(7)5-10-6-9-11-2-3-12-9/h2-3,7-8,10H,4-6H2,1H3,(H,11,12). The Morgan fingerprint density at radius 3 is 3.17 bits per heavy atom. The Morgan fingerprint density at radius 1 is 1.75 bits per heavy atom. The smallest absolute Gasteiger partial charge is 0.120 e. The van der Waals surface area contributed by atoms with Crippen LogP contribution < -0.4 is 5.32 Å². The number of rotatable bonds is 4. The van der Waals surface area contributed by atoms with Gasteiger partial charge in [0.25, 0.3) is 0 Å². The van der Waals surface area contributed by atoms with Crippen molar-refractivity contribution in [3.05, 3.63) is 18.2 Å². The molecule has 0 aliphatic heterocycles. The maximum Gasteiger partial charge on any atom is 0.120 e. The lowest BCUT2D eigenvalue weighted by Crippen LogP contribution is -2.17. The molecule has 0 aromatic carbocycles. The highest BCUT2D eigenvalue weighted by atomic mass is 15.0. The van der Waals surface area contributed by atoms with Crippen molar-refractivity contribution in [2.75, 3.05) is 6.54 Å². The first-order chi connectivity index (χ1) is 5.86. The second-order valence-corrected chi connectivity index (χ2v) is 3.64. The van der Waals surface area contributed by atoms with Crippen LogP contribution in [0.3, 0.4) is 0 Å². The van der Waals surface area contributed by atoms with E-state index in [1.165, 1.54) is 6.42 Å². The molecule has 2 rings (SSSR count). The lowest BCUT2D eigenvalue weighted by atomic mass is 10.3. The Hall–Kier alpha value is -0.830. The third-order valence-electron chi connectivity index (χ3n) is 2.53. The molecule has 0 bridgehead atoms. The molecule has 2 atom stereocenters. The highest BCUT2D eigenvalue weighted by molar-refractivity contribution is 4.88. The van der Waals surface area contributed by atoms with Crippen LogP contribution >= 0.6 is 0 Å². The van der Waals surface area contributed by atoms with E-state index in [0.29, 0.717) is 0 Å². The lowest BCUT2D eigenvalue weighted by molar-refractivity contribution is 0.599. The van der Waals surface area contributed by atoms with Crippen LogP contribution in [0.2, 0.25) is 0 Å². The normalized spacial score (nSPS) is 27.4. The quantitative estimate of drug-likeness (QED) is 0.702. The van der Waals surface area contributed by atoms with Crippen LogP contribution in [0.1, 0.15) is 19.2 Å². The minimum absolute atomic E-state index is 0.871. The Balaban J connectivity index is 1.63. The van der Waals surface area contributed by atoms with E-state index in [1.807, 2.05) is 6.20 Å². The fourth-order valence-electron chi connectivity index (χ4n) is 1.45. The van der Waals surface area contributed by atoms with Crippen molar-refractivity contribution in [3.63, 3.8) is 0 Å². The van der Waals surface area contributed by atoms with Crippen molar-refractivity contribution in [2.24, 2.45) is 11.8 Å². The molecule has 12 heavy (non-hydrogen) atoms. The van der Waals surface area contributed by atoms with Gasteiger partial charge in [0.15, 0.2) is 0 Å². The Kier molecular flexibility index (Phi) is 2.13. The second-order valence-electron chi connectivity index (χ2n) is 3.64. The number of H-pyrrole nitrogens is 1. The fraction of sp³-hybridized carbons (Fsp3) is 0.667. The van der Waals surface area contributed by atoms with Gasteiger partial charge in [-0.15, -0.1) is 0 Å². The summed E-state index contributed by atoms with van der Waals surface area (Å²) in [4.78, 5) is 7.20. The van der Waals surface area contributed by atoms with Gasteiger partial charge in [-0.2, -0.15) is 0 Å². The van der Waals surface area contributed by atoms with Gasteiger partial charge in [0.1, 0.15) is 5.82 Å². The molecule has 1 aromatic heterocycles. The Labute approximate surface area is 72.6 Å². The SMILES string of the molecule is CC1CC1CNCc1ncc[nH]1. The first kappa shape index (κ1) is 7.80. The molecule has 1 fully saturated rings. The van der Waals surface area contributed by atoms with Gasteiger partial charge in [-0.3, -0.25) is 0 Å². The van der Waals surface area contributed by atoms with Crippen molar-refractivity contribution >= 4 is 0 Å². The average Bonchev–Trinajstić information content (AvgIpc) is 2.58. The number of nitrogens with zero attached hydrogens (tertiary/aromatic N) is 1. The van der Waals surface area contributed by atoms with Gasteiger partial charge in [-0.1, -0.05) is 6.92 Å². The molecule has 2 N–H and O–H groups in total. The minimum atomic E-state index is 0.871. The molecule has 0 amide bonds. The maximum absolute atomic E-state index is 4.13. The summed E-state index contributed by atoms with van der Waals surface area (Å²) in [5, 5.41) is 3.39. The zero-order valence-corrected chi connectivity index (χ0v) is 7.38. The number of nitrogens with one attached hydrogen (secondary N) is 2. The predicted octanol–water partition coefficient (Wildman–Crippen LogP) is 1.16. The van der Waals surface area contributed by atoms with E-state index in [-0.39, 0.29) is 0 Å². The first-order valence-corrected chi connectivity index (χ1v) is 4.55. The van der Waals surface area contributed by atoms with Crippen molar-refractivity contribution in [2.45, 2.75) is 19.9 Å². The molecule has 3 heteroatoms. The topological polar surface area (TPSA) is 40.7 Å². The van der Waals surface area contributed by atoms with Crippen LogP contribution in [0.15, 0.2) is 12.4 Å². The van der Waals surface area contributed by atoms with E-state index in [4.69, 9.17) is 0 Å². The van der Waals surface area contributed by atoms with Gasteiger partial charge in [0.2, 0.25) is 0 Å². The van der Waals surface area contributed by atoms with Gasteiger partial charge in [0, 0.05) is 12.4 Å². The number of hydrogen-bond acceptors (Lipinski definition) is 2. The third-order valence-corrected chi connectivity index (χ3v) is 2.53. The minimum Gasteiger partial charge on any atom is -0.348 e. The molecule has 1 heterocycles. The third kappa shape index (κ3) is 1.85. The number of hydrogen-bond donors (Lipinski definition) is 2. The summed E-state index contributed by atoms with van der Waals surface area (Å²) < 4.78 is 0. The summed E-state index contributed by atoms with van der Waals surface area (Å²) in [6.07, 6.45) is 5.04. The van der Waals surface area contributed by atoms with Crippen LogP contribution in [0.4, 0.5) is 0 Å². The van der Waals surface area contributed by atoms with E-state index in [0.717, 1.165) is 30.7 Å². The number of aromatic nitrogens is 2. The Morgan fingerprint density at radius 2 is 2.58 bits per heavy atom. The van der Waals surface area contributed by atoms with Gasteiger partial charge in [0.05, 0.1) is 6.54 Å². The molecule has 66 valence electrons. The van der Waals surface area contributed by atoms with Gasteiger partial charge >= 0.3 is 0 Å². The number of aromatic amines is 1. The van der Waals surface area contributed by atoms with Gasteiger partial charge < -0.3 is 10.3 Å². The zero-order chi connectivity index (χ0) is 8.39. The average molecular weight is 165 g/mol. The zero-order valence-electron chi connectivity index (χ0n) is 7.38. The van der Waals surface area contributed by atoms with Crippen molar-refractivity contribution in [1.29, 1.82) is 0 Å². The predicted molar refractivity (Wildman–Crippen MR) is 47.6 cm³/mol. The maximum atomic E-state index is 4.13. The molecule has 1 saturated carbocycles. The summed E-state index contributed by atoms with van der Waals surface area (Å²) >= 11 is 0. The second kappa shape index (κ2) is 3.27. The van der Waals surface area contributed by atoms with E-state index >= 15 is 0 Å². The molecule has 1 aromatic rings. The van der Waals surface area contributed by atoms with E-state index in [9.17, 15) is 0 Å². The van der Waals surface area contributed by atoms with E-state index < -0.39 is 0 Å². The van der Waals surface area contributed by atoms with Crippen molar-refractivity contribution in [1.82, 2.24) is 15.3 Å². The molecular formula is C9H15N3.